The molecule has 0 bridgehead atoms. The van der Waals surface area contributed by atoms with Gasteiger partial charge < -0.3 is 10.2 Å². The summed E-state index contributed by atoms with van der Waals surface area (Å²) in [6.45, 7) is 1.45. The Morgan fingerprint density at radius 2 is 1.90 bits per heavy atom. The molecule has 31 heavy (non-hydrogen) atoms. The second kappa shape index (κ2) is 8.50. The first kappa shape index (κ1) is 19.7. The fourth-order valence-electron chi connectivity index (χ4n) is 4.97. The van der Waals surface area contributed by atoms with Crippen molar-refractivity contribution in [1.29, 1.82) is 0 Å². The quantitative estimate of drug-likeness (QED) is 0.800. The molecule has 1 amide bonds. The minimum absolute atomic E-state index is 0.130. The predicted octanol–water partition coefficient (Wildman–Crippen LogP) is 4.20. The van der Waals surface area contributed by atoms with E-state index in [0.29, 0.717) is 6.42 Å². The summed E-state index contributed by atoms with van der Waals surface area (Å²) < 4.78 is 14.0. The van der Waals surface area contributed by atoms with Gasteiger partial charge in [-0.05, 0) is 90.1 Å². The summed E-state index contributed by atoms with van der Waals surface area (Å²) >= 11 is 0. The number of nitrogens with one attached hydrogen (secondary N) is 1. The summed E-state index contributed by atoms with van der Waals surface area (Å²) in [5.41, 5.74) is 7.24. The number of hydrogen-bond donors (Lipinski definition) is 1. The zero-order valence-corrected chi connectivity index (χ0v) is 17.5. The zero-order valence-electron chi connectivity index (χ0n) is 17.5. The fraction of sp³-hybridized carbons (Fsp3) is 0.308. The number of nitrogens with zero attached hydrogens (tertiary/aromatic N) is 2. The van der Waals surface area contributed by atoms with Gasteiger partial charge in [-0.25, -0.2) is 4.39 Å². The molecule has 1 aromatic carbocycles. The SMILES string of the molecule is O=C(Cc1ccncc1)N1CCC(=C2c3ccc(F)cc3CCC3=CC=CNC32)CC1. The number of aromatic nitrogens is 1. The number of piperidine rings is 1. The second-order valence-electron chi connectivity index (χ2n) is 8.43. The number of allylic oxidation sites excluding steroid dienone is 2. The number of likely N-dealkylation sites (tertiary alicyclic amines) is 1. The van der Waals surface area contributed by atoms with E-state index in [-0.39, 0.29) is 17.8 Å². The molecule has 1 aliphatic carbocycles. The highest BCUT2D eigenvalue weighted by Crippen LogP contribution is 2.39. The van der Waals surface area contributed by atoms with Crippen molar-refractivity contribution < 1.29 is 9.18 Å². The lowest BCUT2D eigenvalue weighted by molar-refractivity contribution is -0.130. The van der Waals surface area contributed by atoms with Crippen LogP contribution in [-0.2, 0) is 17.6 Å². The number of aryl methyl sites for hydroxylation is 1. The molecule has 1 unspecified atom stereocenters. The molecule has 2 aliphatic heterocycles. The van der Waals surface area contributed by atoms with Gasteiger partial charge in [0.25, 0.3) is 0 Å². The summed E-state index contributed by atoms with van der Waals surface area (Å²) in [7, 11) is 0. The molecular formula is C26H26FN3O. The van der Waals surface area contributed by atoms with Crippen LogP contribution >= 0.6 is 0 Å². The average molecular weight is 416 g/mol. The van der Waals surface area contributed by atoms with Crippen LogP contribution in [-0.4, -0.2) is 34.9 Å². The van der Waals surface area contributed by atoms with E-state index in [0.717, 1.165) is 55.5 Å². The Labute approximate surface area is 182 Å². The molecule has 5 rings (SSSR count). The molecule has 0 radical (unpaired) electrons. The van der Waals surface area contributed by atoms with E-state index < -0.39 is 0 Å². The molecule has 4 nitrogen and oxygen atoms in total. The third-order valence-corrected chi connectivity index (χ3v) is 6.57. The highest BCUT2D eigenvalue weighted by molar-refractivity contribution is 5.81. The van der Waals surface area contributed by atoms with Crippen molar-refractivity contribution in [1.82, 2.24) is 15.2 Å². The van der Waals surface area contributed by atoms with Crippen LogP contribution in [0.3, 0.4) is 0 Å². The van der Waals surface area contributed by atoms with Crippen molar-refractivity contribution in [2.45, 2.75) is 38.1 Å². The van der Waals surface area contributed by atoms with Crippen molar-refractivity contribution in [3.05, 3.63) is 94.7 Å². The summed E-state index contributed by atoms with van der Waals surface area (Å²) in [6, 6.07) is 9.12. The van der Waals surface area contributed by atoms with Crippen LogP contribution in [0.25, 0.3) is 5.57 Å². The lowest BCUT2D eigenvalue weighted by atomic mass is 9.85. The highest BCUT2D eigenvalue weighted by atomic mass is 19.1. The summed E-state index contributed by atoms with van der Waals surface area (Å²) in [4.78, 5) is 18.8. The van der Waals surface area contributed by atoms with E-state index in [1.807, 2.05) is 35.4 Å². The van der Waals surface area contributed by atoms with E-state index in [4.69, 9.17) is 0 Å². The normalized spacial score (nSPS) is 20.4. The lowest BCUT2D eigenvalue weighted by Crippen LogP contribution is -2.38. The molecule has 0 saturated carbocycles. The predicted molar refractivity (Wildman–Crippen MR) is 120 cm³/mol. The number of amides is 1. The summed E-state index contributed by atoms with van der Waals surface area (Å²) in [5, 5.41) is 3.54. The van der Waals surface area contributed by atoms with E-state index in [9.17, 15) is 9.18 Å². The van der Waals surface area contributed by atoms with Gasteiger partial charge >= 0.3 is 0 Å². The number of halogens is 1. The van der Waals surface area contributed by atoms with E-state index in [2.05, 4.69) is 16.4 Å². The van der Waals surface area contributed by atoms with Gasteiger partial charge in [-0.1, -0.05) is 17.7 Å². The first-order chi connectivity index (χ1) is 15.2. The molecule has 2 aromatic rings. The van der Waals surface area contributed by atoms with E-state index >= 15 is 0 Å². The van der Waals surface area contributed by atoms with E-state index in [1.165, 1.54) is 16.7 Å². The van der Waals surface area contributed by atoms with E-state index in [1.54, 1.807) is 24.5 Å². The van der Waals surface area contributed by atoms with Crippen LogP contribution in [0.15, 0.2) is 72.2 Å². The van der Waals surface area contributed by atoms with Crippen LogP contribution in [0.1, 0.15) is 36.0 Å². The maximum atomic E-state index is 14.0. The van der Waals surface area contributed by atoms with Crippen LogP contribution in [0.4, 0.5) is 4.39 Å². The molecule has 0 spiro atoms. The zero-order chi connectivity index (χ0) is 21.2. The smallest absolute Gasteiger partial charge is 0.227 e. The lowest BCUT2D eigenvalue weighted by Gasteiger charge is -2.33. The molecule has 158 valence electrons. The van der Waals surface area contributed by atoms with Gasteiger partial charge in [0.05, 0.1) is 12.5 Å². The fourth-order valence-corrected chi connectivity index (χ4v) is 4.97. The molecule has 1 saturated heterocycles. The van der Waals surface area contributed by atoms with Gasteiger partial charge in [-0.3, -0.25) is 9.78 Å². The Hall–Kier alpha value is -3.21. The van der Waals surface area contributed by atoms with Gasteiger partial charge in [0, 0.05) is 25.5 Å². The Balaban J connectivity index is 1.41. The van der Waals surface area contributed by atoms with Crippen molar-refractivity contribution in [2.75, 3.05) is 13.1 Å². The minimum atomic E-state index is -0.176. The summed E-state index contributed by atoms with van der Waals surface area (Å²) in [5.74, 6) is -0.0116. The maximum absolute atomic E-state index is 14.0. The van der Waals surface area contributed by atoms with Gasteiger partial charge in [0.15, 0.2) is 0 Å². The average Bonchev–Trinajstić information content (AvgIpc) is 2.96. The molecule has 3 heterocycles. The van der Waals surface area contributed by atoms with Crippen LogP contribution in [0, 0.1) is 5.82 Å². The molecule has 3 aliphatic rings. The Morgan fingerprint density at radius 3 is 2.71 bits per heavy atom. The Morgan fingerprint density at radius 1 is 1.10 bits per heavy atom. The number of pyridine rings is 1. The first-order valence-electron chi connectivity index (χ1n) is 11.0. The second-order valence-corrected chi connectivity index (χ2v) is 8.43. The van der Waals surface area contributed by atoms with Crippen LogP contribution in [0.5, 0.6) is 0 Å². The number of carbonyl (C=O) groups excluding carboxylic acids is 1. The number of hydrogen-bond acceptors (Lipinski definition) is 3. The van der Waals surface area contributed by atoms with Gasteiger partial charge in [0.2, 0.25) is 5.91 Å². The Kier molecular flexibility index (Phi) is 5.41. The largest absolute Gasteiger partial charge is 0.380 e. The number of carbonyl (C=O) groups is 1. The molecule has 1 aromatic heterocycles. The Bertz CT molecular complexity index is 1080. The first-order valence-corrected chi connectivity index (χ1v) is 11.0. The maximum Gasteiger partial charge on any atom is 0.227 e. The number of benzene rings is 1. The topological polar surface area (TPSA) is 45.2 Å². The van der Waals surface area contributed by atoms with Crippen molar-refractivity contribution in [2.24, 2.45) is 0 Å². The monoisotopic (exact) mass is 415 g/mol. The van der Waals surface area contributed by atoms with Gasteiger partial charge in [-0.15, -0.1) is 0 Å². The molecule has 1 atom stereocenters. The number of dihydropyridines is 1. The molecular weight excluding hydrogens is 389 g/mol. The standard InChI is InChI=1S/C26H26FN3O/c27-22-5-6-23-21(17-22)4-3-20-2-1-11-29-26(20)25(23)19-9-14-30(15-10-19)24(31)16-18-7-12-28-13-8-18/h1-2,5-8,11-13,17,26,29H,3-4,9-10,14-16H2. The van der Waals surface area contributed by atoms with Crippen LogP contribution < -0.4 is 5.32 Å². The van der Waals surface area contributed by atoms with Crippen molar-refractivity contribution >= 4 is 11.5 Å². The number of rotatable bonds is 2. The highest BCUT2D eigenvalue weighted by Gasteiger charge is 2.30. The third kappa shape index (κ3) is 4.05. The summed E-state index contributed by atoms with van der Waals surface area (Å²) in [6.07, 6.45) is 13.6. The van der Waals surface area contributed by atoms with Crippen molar-refractivity contribution in [3.8, 4) is 0 Å². The molecule has 1 fully saturated rings. The molecule has 1 N–H and O–H groups in total. The van der Waals surface area contributed by atoms with Crippen LogP contribution in [0.2, 0.25) is 0 Å². The molecule has 5 heteroatoms. The van der Waals surface area contributed by atoms with Gasteiger partial charge in [-0.2, -0.15) is 0 Å². The minimum Gasteiger partial charge on any atom is -0.380 e. The third-order valence-electron chi connectivity index (χ3n) is 6.57. The van der Waals surface area contributed by atoms with Gasteiger partial charge in [0.1, 0.15) is 5.82 Å². The van der Waals surface area contributed by atoms with Crippen molar-refractivity contribution in [3.63, 3.8) is 0 Å². The number of fused-ring (bicyclic) bond motifs is 2.